The molecule has 2 aromatic carbocycles. The second-order valence-corrected chi connectivity index (χ2v) is 4.38. The van der Waals surface area contributed by atoms with Gasteiger partial charge in [0.25, 0.3) is 0 Å². The molecule has 0 fully saturated rings. The zero-order chi connectivity index (χ0) is 13.5. The predicted molar refractivity (Wildman–Crippen MR) is 77.6 cm³/mol. The van der Waals surface area contributed by atoms with E-state index >= 15 is 0 Å². The number of hydrogen-bond acceptors (Lipinski definition) is 3. The van der Waals surface area contributed by atoms with Crippen molar-refractivity contribution in [3.8, 4) is 11.5 Å². The van der Waals surface area contributed by atoms with E-state index in [2.05, 4.69) is 0 Å². The van der Waals surface area contributed by atoms with Crippen molar-refractivity contribution < 1.29 is 9.47 Å². The van der Waals surface area contributed by atoms with Gasteiger partial charge in [-0.3, -0.25) is 0 Å². The number of nitrogens with two attached hydrogens (primary N) is 1. The van der Waals surface area contributed by atoms with Crippen molar-refractivity contribution in [1.29, 1.82) is 0 Å². The van der Waals surface area contributed by atoms with Crippen LogP contribution in [-0.4, -0.2) is 13.2 Å². The highest BCUT2D eigenvalue weighted by Gasteiger charge is 1.98. The highest BCUT2D eigenvalue weighted by Crippen LogP contribution is 2.19. The summed E-state index contributed by atoms with van der Waals surface area (Å²) in [6.07, 6.45) is 0.836. The maximum atomic E-state index is 5.82. The van der Waals surface area contributed by atoms with Gasteiger partial charge in [0.1, 0.15) is 11.5 Å². The van der Waals surface area contributed by atoms with Gasteiger partial charge in [-0.05, 0) is 30.7 Å². The topological polar surface area (TPSA) is 44.5 Å². The molecule has 0 radical (unpaired) electrons. The van der Waals surface area contributed by atoms with Gasteiger partial charge >= 0.3 is 0 Å². The van der Waals surface area contributed by atoms with E-state index < -0.39 is 0 Å². The van der Waals surface area contributed by atoms with Crippen LogP contribution < -0.4 is 15.2 Å². The first-order valence-corrected chi connectivity index (χ1v) is 6.42. The third kappa shape index (κ3) is 4.21. The summed E-state index contributed by atoms with van der Waals surface area (Å²) in [5.74, 6) is 1.70. The van der Waals surface area contributed by atoms with Crippen LogP contribution in [0.2, 0.25) is 0 Å². The molecule has 0 spiro atoms. The van der Waals surface area contributed by atoms with Crippen LogP contribution in [0.15, 0.2) is 48.5 Å². The Morgan fingerprint density at radius 1 is 0.895 bits per heavy atom. The molecule has 0 unspecified atom stereocenters. The summed E-state index contributed by atoms with van der Waals surface area (Å²) in [5.41, 5.74) is 7.65. The number of rotatable bonds is 6. The smallest absolute Gasteiger partial charge is 0.121 e. The molecule has 0 aliphatic rings. The number of nitrogen functional groups attached to an aromatic ring is 1. The Balaban J connectivity index is 1.68. The summed E-state index contributed by atoms with van der Waals surface area (Å²) in [6, 6.07) is 15.5. The zero-order valence-corrected chi connectivity index (χ0v) is 11.1. The average molecular weight is 257 g/mol. The summed E-state index contributed by atoms with van der Waals surface area (Å²) < 4.78 is 11.2. The molecule has 100 valence electrons. The summed E-state index contributed by atoms with van der Waals surface area (Å²) in [5, 5.41) is 0. The molecule has 3 nitrogen and oxygen atoms in total. The maximum absolute atomic E-state index is 5.82. The largest absolute Gasteiger partial charge is 0.493 e. The minimum Gasteiger partial charge on any atom is -0.493 e. The van der Waals surface area contributed by atoms with Crippen molar-refractivity contribution in [3.05, 3.63) is 54.1 Å². The van der Waals surface area contributed by atoms with Crippen molar-refractivity contribution in [2.75, 3.05) is 18.9 Å². The molecule has 0 amide bonds. The van der Waals surface area contributed by atoms with E-state index in [-0.39, 0.29) is 0 Å². The Kier molecular flexibility index (Phi) is 4.67. The second-order valence-electron chi connectivity index (χ2n) is 4.38. The first-order valence-electron chi connectivity index (χ1n) is 6.42. The molecule has 19 heavy (non-hydrogen) atoms. The number of ether oxygens (including phenoxy) is 2. The first kappa shape index (κ1) is 13.3. The van der Waals surface area contributed by atoms with Crippen LogP contribution in [0.1, 0.15) is 12.0 Å². The Morgan fingerprint density at radius 3 is 2.26 bits per heavy atom. The molecule has 0 saturated carbocycles. The minimum absolute atomic E-state index is 0.620. The van der Waals surface area contributed by atoms with Gasteiger partial charge in [-0.25, -0.2) is 0 Å². The highest BCUT2D eigenvalue weighted by atomic mass is 16.5. The molecule has 0 aliphatic heterocycles. The Hall–Kier alpha value is -2.16. The fraction of sp³-hybridized carbons (Fsp3) is 0.250. The van der Waals surface area contributed by atoms with Gasteiger partial charge in [-0.1, -0.05) is 24.3 Å². The second kappa shape index (κ2) is 6.69. The van der Waals surface area contributed by atoms with Crippen molar-refractivity contribution in [1.82, 2.24) is 0 Å². The van der Waals surface area contributed by atoms with E-state index in [1.807, 2.05) is 55.5 Å². The van der Waals surface area contributed by atoms with Crippen LogP contribution in [-0.2, 0) is 0 Å². The van der Waals surface area contributed by atoms with Crippen LogP contribution in [0, 0.1) is 6.92 Å². The monoisotopic (exact) mass is 257 g/mol. The zero-order valence-electron chi connectivity index (χ0n) is 11.1. The lowest BCUT2D eigenvalue weighted by atomic mass is 10.2. The van der Waals surface area contributed by atoms with Crippen molar-refractivity contribution in [3.63, 3.8) is 0 Å². The molecular formula is C16H19NO2. The van der Waals surface area contributed by atoms with E-state index in [0.717, 1.165) is 29.2 Å². The molecule has 2 rings (SSSR count). The maximum Gasteiger partial charge on any atom is 0.121 e. The number of anilines is 1. The van der Waals surface area contributed by atoms with Gasteiger partial charge in [0, 0.05) is 18.2 Å². The van der Waals surface area contributed by atoms with Crippen LogP contribution in [0.5, 0.6) is 11.5 Å². The van der Waals surface area contributed by atoms with Gasteiger partial charge in [0.2, 0.25) is 0 Å². The van der Waals surface area contributed by atoms with E-state index in [9.17, 15) is 0 Å². The predicted octanol–water partition coefficient (Wildman–Crippen LogP) is 3.43. The van der Waals surface area contributed by atoms with Gasteiger partial charge in [-0.2, -0.15) is 0 Å². The van der Waals surface area contributed by atoms with E-state index in [0.29, 0.717) is 13.2 Å². The fourth-order valence-electron chi connectivity index (χ4n) is 1.66. The molecule has 0 aliphatic carbocycles. The van der Waals surface area contributed by atoms with E-state index in [4.69, 9.17) is 15.2 Å². The Morgan fingerprint density at radius 2 is 1.58 bits per heavy atom. The summed E-state index contributed by atoms with van der Waals surface area (Å²) >= 11 is 0. The summed E-state index contributed by atoms with van der Waals surface area (Å²) in [7, 11) is 0. The van der Waals surface area contributed by atoms with Crippen LogP contribution in [0.3, 0.4) is 0 Å². The molecule has 3 heteroatoms. The van der Waals surface area contributed by atoms with Gasteiger partial charge in [0.15, 0.2) is 0 Å². The fourth-order valence-corrected chi connectivity index (χ4v) is 1.66. The van der Waals surface area contributed by atoms with Crippen molar-refractivity contribution in [2.24, 2.45) is 0 Å². The SMILES string of the molecule is Cc1ccc(OCCCOc2ccccc2)cc1N. The molecular weight excluding hydrogens is 238 g/mol. The van der Waals surface area contributed by atoms with Crippen molar-refractivity contribution >= 4 is 5.69 Å². The van der Waals surface area contributed by atoms with Gasteiger partial charge in [-0.15, -0.1) is 0 Å². The number of aryl methyl sites for hydroxylation is 1. The molecule has 0 heterocycles. The normalized spacial score (nSPS) is 10.2. The lowest BCUT2D eigenvalue weighted by Gasteiger charge is -2.09. The standard InChI is InChI=1S/C16H19NO2/c1-13-8-9-15(12-16(13)17)19-11-5-10-18-14-6-3-2-4-7-14/h2-4,6-9,12H,5,10-11,17H2,1H3. The Bertz CT molecular complexity index is 511. The van der Waals surface area contributed by atoms with Crippen LogP contribution in [0.25, 0.3) is 0 Å². The van der Waals surface area contributed by atoms with Crippen LogP contribution >= 0.6 is 0 Å². The van der Waals surface area contributed by atoms with E-state index in [1.165, 1.54) is 0 Å². The van der Waals surface area contributed by atoms with Crippen LogP contribution in [0.4, 0.5) is 5.69 Å². The molecule has 2 aromatic rings. The Labute approximate surface area is 114 Å². The van der Waals surface area contributed by atoms with E-state index in [1.54, 1.807) is 0 Å². The molecule has 2 N–H and O–H groups in total. The summed E-state index contributed by atoms with van der Waals surface area (Å²) in [6.45, 7) is 3.24. The average Bonchev–Trinajstić information content (AvgIpc) is 2.43. The molecule has 0 aromatic heterocycles. The van der Waals surface area contributed by atoms with Crippen molar-refractivity contribution in [2.45, 2.75) is 13.3 Å². The quantitative estimate of drug-likeness (QED) is 0.637. The minimum atomic E-state index is 0.620. The number of para-hydroxylation sites is 1. The van der Waals surface area contributed by atoms with Gasteiger partial charge < -0.3 is 15.2 Å². The summed E-state index contributed by atoms with van der Waals surface area (Å²) in [4.78, 5) is 0. The lowest BCUT2D eigenvalue weighted by molar-refractivity contribution is 0.247. The van der Waals surface area contributed by atoms with Gasteiger partial charge in [0.05, 0.1) is 13.2 Å². The first-order chi connectivity index (χ1) is 9.25. The third-order valence-corrected chi connectivity index (χ3v) is 2.82. The molecule has 0 saturated heterocycles. The molecule has 0 atom stereocenters. The number of hydrogen-bond donors (Lipinski definition) is 1. The lowest BCUT2D eigenvalue weighted by Crippen LogP contribution is -2.05. The molecule has 0 bridgehead atoms. The number of benzene rings is 2. The highest BCUT2D eigenvalue weighted by molar-refractivity contribution is 5.50. The third-order valence-electron chi connectivity index (χ3n) is 2.82.